The Labute approximate surface area is 193 Å². The molecular weight excluding hydrogens is 458 g/mol. The predicted octanol–water partition coefficient (Wildman–Crippen LogP) is 6.63. The molecule has 0 saturated carbocycles. The van der Waals surface area contributed by atoms with E-state index in [9.17, 15) is 26.3 Å². The maximum absolute atomic E-state index is 14.8. The molecular formula is C25H24F6N2O. The molecule has 0 bridgehead atoms. The zero-order valence-electron chi connectivity index (χ0n) is 18.8. The van der Waals surface area contributed by atoms with Crippen molar-refractivity contribution in [3.05, 3.63) is 88.2 Å². The molecule has 182 valence electrons. The van der Waals surface area contributed by atoms with Crippen molar-refractivity contribution in [3.63, 3.8) is 0 Å². The highest BCUT2D eigenvalue weighted by Crippen LogP contribution is 2.40. The summed E-state index contributed by atoms with van der Waals surface area (Å²) in [5, 5.41) is 13.1. The van der Waals surface area contributed by atoms with Crippen molar-refractivity contribution < 1.29 is 31.4 Å². The third kappa shape index (κ3) is 5.35. The lowest BCUT2D eigenvalue weighted by molar-refractivity contribution is -0.180. The van der Waals surface area contributed by atoms with Crippen LogP contribution in [0, 0.1) is 6.92 Å². The Balaban J connectivity index is 1.81. The first-order valence-electron chi connectivity index (χ1n) is 10.4. The number of alkyl halides is 5. The monoisotopic (exact) mass is 482 g/mol. The molecule has 0 spiro atoms. The molecule has 0 aliphatic carbocycles. The van der Waals surface area contributed by atoms with Crippen LogP contribution in [0.3, 0.4) is 0 Å². The third-order valence-corrected chi connectivity index (χ3v) is 5.74. The van der Waals surface area contributed by atoms with E-state index in [1.165, 1.54) is 59.3 Å². The smallest absolute Gasteiger partial charge is 0.390 e. The Kier molecular flexibility index (Phi) is 6.98. The minimum absolute atomic E-state index is 0.00837. The highest BCUT2D eigenvalue weighted by molar-refractivity contribution is 5.75. The predicted molar refractivity (Wildman–Crippen MR) is 118 cm³/mol. The second kappa shape index (κ2) is 9.29. The molecule has 1 heterocycles. The fraction of sp³-hybridized carbons (Fsp3) is 0.320. The third-order valence-electron chi connectivity index (χ3n) is 5.74. The number of hydrogen-bond acceptors (Lipinski definition) is 2. The fourth-order valence-corrected chi connectivity index (χ4v) is 3.33. The van der Waals surface area contributed by atoms with Crippen LogP contribution in [-0.4, -0.2) is 27.7 Å². The number of aryl methyl sites for hydroxylation is 1. The van der Waals surface area contributed by atoms with Gasteiger partial charge in [0.25, 0.3) is 5.92 Å². The molecule has 0 aliphatic rings. The van der Waals surface area contributed by atoms with E-state index >= 15 is 0 Å². The van der Waals surface area contributed by atoms with Gasteiger partial charge in [-0.15, -0.1) is 0 Å². The topological polar surface area (TPSA) is 38.0 Å². The first kappa shape index (κ1) is 25.6. The van der Waals surface area contributed by atoms with Crippen LogP contribution in [0.2, 0.25) is 0 Å². The van der Waals surface area contributed by atoms with Crippen molar-refractivity contribution in [2.75, 3.05) is 6.61 Å². The van der Waals surface area contributed by atoms with Crippen molar-refractivity contribution >= 4 is 11.9 Å². The van der Waals surface area contributed by atoms with Gasteiger partial charge in [-0.3, -0.25) is 4.68 Å². The van der Waals surface area contributed by atoms with Gasteiger partial charge in [0.05, 0.1) is 12.0 Å². The Hall–Kier alpha value is -3.07. The van der Waals surface area contributed by atoms with Crippen molar-refractivity contribution in [3.8, 4) is 0 Å². The number of aromatic nitrogens is 2. The van der Waals surface area contributed by atoms with Gasteiger partial charge in [-0.05, 0) is 55.7 Å². The molecule has 1 aromatic heterocycles. The molecule has 0 atom stereocenters. The Morgan fingerprint density at radius 1 is 0.971 bits per heavy atom. The molecule has 34 heavy (non-hydrogen) atoms. The largest absolute Gasteiger partial charge is 0.397 e. The van der Waals surface area contributed by atoms with Gasteiger partial charge < -0.3 is 5.11 Å². The van der Waals surface area contributed by atoms with Gasteiger partial charge in [-0.25, -0.2) is 4.39 Å². The Morgan fingerprint density at radius 3 is 2.21 bits per heavy atom. The average Bonchev–Trinajstić information content (AvgIpc) is 3.14. The number of aliphatic hydroxyl groups is 1. The van der Waals surface area contributed by atoms with Crippen molar-refractivity contribution in [1.29, 1.82) is 0 Å². The summed E-state index contributed by atoms with van der Waals surface area (Å²) in [5.41, 5.74) is -0.857. The van der Waals surface area contributed by atoms with Crippen LogP contribution in [0.1, 0.15) is 47.5 Å². The maximum atomic E-state index is 14.8. The van der Waals surface area contributed by atoms with E-state index in [0.717, 1.165) is 13.8 Å². The molecule has 2 aromatic carbocycles. The van der Waals surface area contributed by atoms with Crippen LogP contribution in [-0.2, 0) is 17.9 Å². The van der Waals surface area contributed by atoms with E-state index in [1.54, 1.807) is 13.0 Å². The zero-order valence-corrected chi connectivity index (χ0v) is 18.8. The summed E-state index contributed by atoms with van der Waals surface area (Å²) in [5.74, 6) is -4.06. The number of rotatable bonds is 7. The van der Waals surface area contributed by atoms with Gasteiger partial charge >= 0.3 is 6.18 Å². The quantitative estimate of drug-likeness (QED) is 0.384. The number of benzene rings is 2. The SMILES string of the molecule is Cc1cc(C(F)=Cc2ccc(C(C)(C)C(F)(F)F)cc2)nn1Cc1cccc(C(F)(F)CO)c1. The van der Waals surface area contributed by atoms with Crippen molar-refractivity contribution in [2.24, 2.45) is 0 Å². The van der Waals surface area contributed by atoms with Crippen LogP contribution in [0.5, 0.6) is 0 Å². The standard InChI is InChI=1S/C25H24F6N2O/c1-16-11-22(32-33(16)14-18-5-4-6-20(12-18)24(27,28)15-34)21(26)13-17-7-9-19(10-8-17)23(2,3)25(29,30)31/h4-13,34H,14-15H2,1-3H3. The number of nitrogens with zero attached hydrogens (tertiary/aromatic N) is 2. The lowest BCUT2D eigenvalue weighted by Crippen LogP contribution is -2.36. The molecule has 0 radical (unpaired) electrons. The van der Waals surface area contributed by atoms with Gasteiger partial charge in [0.1, 0.15) is 12.3 Å². The summed E-state index contributed by atoms with van der Waals surface area (Å²) in [6, 6.07) is 12.4. The minimum atomic E-state index is -4.42. The Bertz CT molecular complexity index is 1180. The maximum Gasteiger partial charge on any atom is 0.397 e. The summed E-state index contributed by atoms with van der Waals surface area (Å²) in [7, 11) is 0. The highest BCUT2D eigenvalue weighted by Gasteiger charge is 2.48. The molecule has 1 N–H and O–H groups in total. The van der Waals surface area contributed by atoms with E-state index in [2.05, 4.69) is 5.10 Å². The second-order valence-electron chi connectivity index (χ2n) is 8.63. The minimum Gasteiger partial charge on any atom is -0.390 e. The molecule has 0 fully saturated rings. The van der Waals surface area contributed by atoms with Crippen LogP contribution in [0.25, 0.3) is 11.9 Å². The summed E-state index contributed by atoms with van der Waals surface area (Å²) >= 11 is 0. The van der Waals surface area contributed by atoms with E-state index in [1.807, 2.05) is 0 Å². The molecule has 3 nitrogen and oxygen atoms in total. The van der Waals surface area contributed by atoms with Crippen molar-refractivity contribution in [2.45, 2.75) is 44.8 Å². The fourth-order valence-electron chi connectivity index (χ4n) is 3.33. The molecule has 3 aromatic rings. The van der Waals surface area contributed by atoms with Gasteiger partial charge in [0, 0.05) is 11.3 Å². The summed E-state index contributed by atoms with van der Waals surface area (Å²) in [6.45, 7) is 2.63. The number of halogens is 6. The molecule has 0 amide bonds. The van der Waals surface area contributed by atoms with Gasteiger partial charge in [-0.1, -0.05) is 42.5 Å². The first-order chi connectivity index (χ1) is 15.7. The molecule has 0 saturated heterocycles. The van der Waals surface area contributed by atoms with Gasteiger partial charge in [0.15, 0.2) is 5.83 Å². The van der Waals surface area contributed by atoms with Gasteiger partial charge in [0.2, 0.25) is 0 Å². The van der Waals surface area contributed by atoms with E-state index in [4.69, 9.17) is 5.11 Å². The average molecular weight is 482 g/mol. The normalized spacial score (nSPS) is 13.4. The molecule has 0 aliphatic heterocycles. The molecule has 9 heteroatoms. The highest BCUT2D eigenvalue weighted by atomic mass is 19.4. The summed E-state index contributed by atoms with van der Waals surface area (Å²) in [6.07, 6.45) is -3.26. The van der Waals surface area contributed by atoms with E-state index in [-0.39, 0.29) is 23.4 Å². The summed E-state index contributed by atoms with van der Waals surface area (Å²) < 4.78 is 83.4. The second-order valence-corrected chi connectivity index (χ2v) is 8.63. The molecule has 0 unspecified atom stereocenters. The van der Waals surface area contributed by atoms with E-state index < -0.39 is 29.9 Å². The Morgan fingerprint density at radius 2 is 1.62 bits per heavy atom. The van der Waals surface area contributed by atoms with Crippen LogP contribution < -0.4 is 0 Å². The first-order valence-corrected chi connectivity index (χ1v) is 10.4. The lowest BCUT2D eigenvalue weighted by atomic mass is 9.83. The summed E-state index contributed by atoms with van der Waals surface area (Å²) in [4.78, 5) is 0. The van der Waals surface area contributed by atoms with E-state index in [0.29, 0.717) is 16.8 Å². The van der Waals surface area contributed by atoms with Crippen LogP contribution in [0.15, 0.2) is 54.6 Å². The van der Waals surface area contributed by atoms with Crippen LogP contribution in [0.4, 0.5) is 26.3 Å². The number of hydrogen-bond donors (Lipinski definition) is 1. The molecule has 3 rings (SSSR count). The zero-order chi connectivity index (χ0) is 25.3. The van der Waals surface area contributed by atoms with Gasteiger partial charge in [-0.2, -0.15) is 27.1 Å². The van der Waals surface area contributed by atoms with Crippen LogP contribution >= 0.6 is 0 Å². The number of aliphatic hydroxyl groups excluding tert-OH is 1. The lowest BCUT2D eigenvalue weighted by Gasteiger charge is -2.28. The van der Waals surface area contributed by atoms with Crippen molar-refractivity contribution in [1.82, 2.24) is 9.78 Å².